The van der Waals surface area contributed by atoms with E-state index >= 15 is 0 Å². The van der Waals surface area contributed by atoms with Gasteiger partial charge in [0.25, 0.3) is 0 Å². The second-order valence-corrected chi connectivity index (χ2v) is 6.80. The number of amides is 1. The van der Waals surface area contributed by atoms with Crippen molar-refractivity contribution in [2.45, 2.75) is 32.8 Å². The number of hydrogen-bond acceptors (Lipinski definition) is 5. The Hall–Kier alpha value is -1.19. The van der Waals surface area contributed by atoms with Gasteiger partial charge in [-0.15, -0.1) is 0 Å². The highest BCUT2D eigenvalue weighted by Crippen LogP contribution is 1.95. The second kappa shape index (κ2) is 9.69. The molecule has 0 aliphatic carbocycles. The van der Waals surface area contributed by atoms with Crippen LogP contribution < -0.4 is 4.72 Å². The lowest BCUT2D eigenvalue weighted by molar-refractivity contribution is -0.137. The molecule has 0 rings (SSSR count). The van der Waals surface area contributed by atoms with Crippen molar-refractivity contribution in [1.82, 2.24) is 9.62 Å². The summed E-state index contributed by atoms with van der Waals surface area (Å²) >= 11 is 0. The SMILES string of the molecule is CC(C)OCCS(=O)(=O)NCC(=O)N(C)CCCC(=O)O. The van der Waals surface area contributed by atoms with E-state index in [0.717, 1.165) is 0 Å². The van der Waals surface area contributed by atoms with Gasteiger partial charge in [0.05, 0.1) is 25.0 Å². The van der Waals surface area contributed by atoms with Crippen LogP contribution in [0.25, 0.3) is 0 Å². The molecule has 0 saturated carbocycles. The third kappa shape index (κ3) is 11.2. The summed E-state index contributed by atoms with van der Waals surface area (Å²) in [6, 6.07) is 0. The highest BCUT2D eigenvalue weighted by molar-refractivity contribution is 7.89. The normalized spacial score (nSPS) is 11.6. The number of carbonyl (C=O) groups is 2. The molecule has 2 N–H and O–H groups in total. The first kappa shape index (κ1) is 19.8. The largest absolute Gasteiger partial charge is 0.481 e. The molecular weight excluding hydrogens is 300 g/mol. The molecule has 0 fully saturated rings. The van der Waals surface area contributed by atoms with Crippen molar-refractivity contribution in [2.75, 3.05) is 32.5 Å². The van der Waals surface area contributed by atoms with Crippen molar-refractivity contribution >= 4 is 21.9 Å². The Morgan fingerprint density at radius 1 is 1.33 bits per heavy atom. The van der Waals surface area contributed by atoms with Crippen molar-refractivity contribution in [1.29, 1.82) is 0 Å². The third-order valence-electron chi connectivity index (χ3n) is 2.56. The smallest absolute Gasteiger partial charge is 0.303 e. The van der Waals surface area contributed by atoms with Crippen LogP contribution in [0.2, 0.25) is 0 Å². The Morgan fingerprint density at radius 2 is 1.95 bits per heavy atom. The number of sulfonamides is 1. The molecule has 9 heteroatoms. The lowest BCUT2D eigenvalue weighted by Crippen LogP contribution is -2.40. The maximum Gasteiger partial charge on any atom is 0.303 e. The van der Waals surface area contributed by atoms with Gasteiger partial charge in [0.1, 0.15) is 0 Å². The minimum absolute atomic E-state index is 0.0319. The molecule has 0 saturated heterocycles. The predicted octanol–water partition coefficient (Wildman–Crippen LogP) is -0.346. The molecule has 0 radical (unpaired) electrons. The fraction of sp³-hybridized carbons (Fsp3) is 0.833. The number of likely N-dealkylation sites (N-methyl/N-ethyl adjacent to an activating group) is 1. The van der Waals surface area contributed by atoms with Crippen LogP contribution in [0.5, 0.6) is 0 Å². The molecular formula is C12H24N2O6S. The van der Waals surface area contributed by atoms with E-state index in [-0.39, 0.29) is 38.0 Å². The number of nitrogens with one attached hydrogen (secondary N) is 1. The summed E-state index contributed by atoms with van der Waals surface area (Å²) in [4.78, 5) is 23.3. The lowest BCUT2D eigenvalue weighted by atomic mass is 10.3. The summed E-state index contributed by atoms with van der Waals surface area (Å²) < 4.78 is 30.5. The average molecular weight is 324 g/mol. The number of carbonyl (C=O) groups excluding carboxylic acids is 1. The summed E-state index contributed by atoms with van der Waals surface area (Å²) in [6.07, 6.45) is 0.241. The molecule has 0 aromatic heterocycles. The first-order valence-electron chi connectivity index (χ1n) is 6.68. The number of rotatable bonds is 11. The number of aliphatic carboxylic acids is 1. The number of nitrogens with zero attached hydrogens (tertiary/aromatic N) is 1. The quantitative estimate of drug-likeness (QED) is 0.537. The van der Waals surface area contributed by atoms with E-state index in [1.165, 1.54) is 11.9 Å². The van der Waals surface area contributed by atoms with E-state index in [1.54, 1.807) is 13.8 Å². The van der Waals surface area contributed by atoms with Gasteiger partial charge in [0.2, 0.25) is 15.9 Å². The zero-order valence-electron chi connectivity index (χ0n) is 12.7. The Bertz CT molecular complexity index is 435. The summed E-state index contributed by atoms with van der Waals surface area (Å²) in [7, 11) is -2.06. The molecule has 0 aromatic rings. The van der Waals surface area contributed by atoms with E-state index in [2.05, 4.69) is 4.72 Å². The molecule has 0 aliphatic heterocycles. The van der Waals surface area contributed by atoms with Crippen LogP contribution in [-0.4, -0.2) is 68.9 Å². The van der Waals surface area contributed by atoms with Gasteiger partial charge in [-0.2, -0.15) is 0 Å². The number of carboxylic acids is 1. The Labute approximate surface area is 125 Å². The van der Waals surface area contributed by atoms with E-state index in [0.29, 0.717) is 6.42 Å². The van der Waals surface area contributed by atoms with Gasteiger partial charge in [-0.1, -0.05) is 0 Å². The summed E-state index contributed by atoms with van der Waals surface area (Å²) in [5, 5.41) is 8.49. The lowest BCUT2D eigenvalue weighted by Gasteiger charge is -2.17. The van der Waals surface area contributed by atoms with Gasteiger partial charge in [0.15, 0.2) is 0 Å². The van der Waals surface area contributed by atoms with Crippen molar-refractivity contribution in [3.8, 4) is 0 Å². The summed E-state index contributed by atoms with van der Waals surface area (Å²) in [6.45, 7) is 3.60. The monoisotopic (exact) mass is 324 g/mol. The van der Waals surface area contributed by atoms with Gasteiger partial charge in [-0.3, -0.25) is 9.59 Å². The van der Waals surface area contributed by atoms with Crippen molar-refractivity contribution < 1.29 is 27.9 Å². The fourth-order valence-corrected chi connectivity index (χ4v) is 2.17. The summed E-state index contributed by atoms with van der Waals surface area (Å²) in [5.41, 5.74) is 0. The highest BCUT2D eigenvalue weighted by Gasteiger charge is 2.15. The van der Waals surface area contributed by atoms with Gasteiger partial charge >= 0.3 is 5.97 Å². The van der Waals surface area contributed by atoms with Gasteiger partial charge in [-0.05, 0) is 20.3 Å². The van der Waals surface area contributed by atoms with Crippen LogP contribution in [0.15, 0.2) is 0 Å². The predicted molar refractivity (Wildman–Crippen MR) is 77.4 cm³/mol. The Balaban J connectivity index is 4.01. The third-order valence-corrected chi connectivity index (χ3v) is 3.84. The van der Waals surface area contributed by atoms with Crippen LogP contribution in [0.4, 0.5) is 0 Å². The molecule has 8 nitrogen and oxygen atoms in total. The molecule has 0 unspecified atom stereocenters. The van der Waals surface area contributed by atoms with Crippen molar-refractivity contribution in [3.63, 3.8) is 0 Å². The molecule has 0 heterocycles. The molecule has 0 spiro atoms. The van der Waals surface area contributed by atoms with Crippen LogP contribution in [0.3, 0.4) is 0 Å². The number of carboxylic acid groups (broad SMARTS) is 1. The number of ether oxygens (including phenoxy) is 1. The zero-order chi connectivity index (χ0) is 16.5. The van der Waals surface area contributed by atoms with Crippen LogP contribution in [0.1, 0.15) is 26.7 Å². The maximum atomic E-state index is 11.7. The minimum Gasteiger partial charge on any atom is -0.481 e. The zero-order valence-corrected chi connectivity index (χ0v) is 13.5. The standard InChI is InChI=1S/C12H24N2O6S/c1-10(2)20-7-8-21(18,19)13-9-11(15)14(3)6-4-5-12(16)17/h10,13H,4-9H2,1-3H3,(H,16,17). The fourth-order valence-electron chi connectivity index (χ4n) is 1.36. The van der Waals surface area contributed by atoms with Gasteiger partial charge < -0.3 is 14.7 Å². The minimum atomic E-state index is -3.56. The highest BCUT2D eigenvalue weighted by atomic mass is 32.2. The molecule has 0 aliphatic rings. The van der Waals surface area contributed by atoms with Crippen molar-refractivity contribution in [2.24, 2.45) is 0 Å². The molecule has 0 atom stereocenters. The van der Waals surface area contributed by atoms with E-state index in [9.17, 15) is 18.0 Å². The molecule has 124 valence electrons. The first-order chi connectivity index (χ1) is 9.64. The molecule has 0 bridgehead atoms. The topological polar surface area (TPSA) is 113 Å². The van der Waals surface area contributed by atoms with Crippen molar-refractivity contribution in [3.05, 3.63) is 0 Å². The van der Waals surface area contributed by atoms with Crippen LogP contribution in [-0.2, 0) is 24.3 Å². The van der Waals surface area contributed by atoms with Gasteiger partial charge in [-0.25, -0.2) is 13.1 Å². The second-order valence-electron chi connectivity index (χ2n) is 4.87. The molecule has 21 heavy (non-hydrogen) atoms. The number of hydrogen-bond donors (Lipinski definition) is 2. The van der Waals surface area contributed by atoms with Gasteiger partial charge in [0, 0.05) is 20.0 Å². The van der Waals surface area contributed by atoms with E-state index in [1.807, 2.05) is 0 Å². The first-order valence-corrected chi connectivity index (χ1v) is 8.34. The van der Waals surface area contributed by atoms with E-state index < -0.39 is 21.9 Å². The summed E-state index contributed by atoms with van der Waals surface area (Å²) in [5.74, 6) is -1.54. The van der Waals surface area contributed by atoms with Crippen LogP contribution in [0, 0.1) is 0 Å². The average Bonchev–Trinajstić information content (AvgIpc) is 2.34. The molecule has 1 amide bonds. The van der Waals surface area contributed by atoms with Crippen LogP contribution >= 0.6 is 0 Å². The Kier molecular flexibility index (Phi) is 9.14. The van der Waals surface area contributed by atoms with E-state index in [4.69, 9.17) is 9.84 Å². The Morgan fingerprint density at radius 3 is 2.48 bits per heavy atom. The molecule has 0 aromatic carbocycles. The maximum absolute atomic E-state index is 11.7.